The normalized spacial score (nSPS) is 14.6. The Morgan fingerprint density at radius 2 is 1.92 bits per heavy atom. The summed E-state index contributed by atoms with van der Waals surface area (Å²) in [6.07, 6.45) is 3.86. The fourth-order valence-corrected chi connectivity index (χ4v) is 3.22. The molecule has 2 aromatic rings. The predicted molar refractivity (Wildman–Crippen MR) is 98.3 cm³/mol. The second kappa shape index (κ2) is 7.45. The molecule has 0 aromatic heterocycles. The zero-order chi connectivity index (χ0) is 17.1. The summed E-state index contributed by atoms with van der Waals surface area (Å²) in [6.45, 7) is 1.75. The number of carbonyl (C=O) groups excluding carboxylic acids is 1. The molecule has 5 heteroatoms. The van der Waals surface area contributed by atoms with Gasteiger partial charge in [0.25, 0.3) is 5.91 Å². The number of halogens is 2. The summed E-state index contributed by atoms with van der Waals surface area (Å²) in [5.74, 6) is 0.589. The molecule has 0 bridgehead atoms. The van der Waals surface area contributed by atoms with Crippen LogP contribution in [0, 0.1) is 0 Å². The molecule has 3 rings (SSSR count). The van der Waals surface area contributed by atoms with Crippen LogP contribution < -0.4 is 10.1 Å². The highest BCUT2D eigenvalue weighted by atomic mass is 35.5. The molecule has 0 unspecified atom stereocenters. The highest BCUT2D eigenvalue weighted by Crippen LogP contribution is 2.30. The number of anilines is 1. The quantitative estimate of drug-likeness (QED) is 0.802. The molecule has 126 valence electrons. The first-order valence-electron chi connectivity index (χ1n) is 8.08. The highest BCUT2D eigenvalue weighted by molar-refractivity contribution is 6.42. The van der Waals surface area contributed by atoms with Crippen molar-refractivity contribution in [2.75, 3.05) is 5.32 Å². The molecular weight excluding hydrogens is 345 g/mol. The van der Waals surface area contributed by atoms with Crippen molar-refractivity contribution in [3.63, 3.8) is 0 Å². The van der Waals surface area contributed by atoms with Crippen LogP contribution in [0.25, 0.3) is 0 Å². The smallest absolute Gasteiger partial charge is 0.265 e. The van der Waals surface area contributed by atoms with E-state index in [0.29, 0.717) is 15.7 Å². The lowest BCUT2D eigenvalue weighted by atomic mass is 9.91. The van der Waals surface area contributed by atoms with Gasteiger partial charge >= 0.3 is 0 Å². The maximum Gasteiger partial charge on any atom is 0.265 e. The Morgan fingerprint density at radius 3 is 2.71 bits per heavy atom. The molecule has 0 saturated carbocycles. The van der Waals surface area contributed by atoms with E-state index in [1.165, 1.54) is 17.5 Å². The van der Waals surface area contributed by atoms with Gasteiger partial charge in [-0.15, -0.1) is 0 Å². The largest absolute Gasteiger partial charge is 0.481 e. The minimum absolute atomic E-state index is 0.221. The first-order chi connectivity index (χ1) is 11.5. The number of benzene rings is 2. The third kappa shape index (κ3) is 3.85. The van der Waals surface area contributed by atoms with Crippen LogP contribution >= 0.6 is 23.2 Å². The molecule has 0 saturated heterocycles. The zero-order valence-corrected chi connectivity index (χ0v) is 15.0. The van der Waals surface area contributed by atoms with E-state index in [2.05, 4.69) is 11.4 Å². The summed E-state index contributed by atoms with van der Waals surface area (Å²) in [6, 6.07) is 11.1. The van der Waals surface area contributed by atoms with Crippen molar-refractivity contribution in [1.82, 2.24) is 0 Å². The molecule has 2 aromatic carbocycles. The number of amides is 1. The number of hydrogen-bond donors (Lipinski definition) is 1. The van der Waals surface area contributed by atoms with E-state index >= 15 is 0 Å². The molecule has 0 fully saturated rings. The lowest BCUT2D eigenvalue weighted by molar-refractivity contribution is -0.122. The first-order valence-corrected chi connectivity index (χ1v) is 8.83. The number of aryl methyl sites for hydroxylation is 1. The van der Waals surface area contributed by atoms with Crippen LogP contribution in [0.3, 0.4) is 0 Å². The van der Waals surface area contributed by atoms with Gasteiger partial charge in [0.1, 0.15) is 5.75 Å². The number of carbonyl (C=O) groups is 1. The summed E-state index contributed by atoms with van der Waals surface area (Å²) in [7, 11) is 0. The summed E-state index contributed by atoms with van der Waals surface area (Å²) in [5.41, 5.74) is 3.16. The lowest BCUT2D eigenvalue weighted by Gasteiger charge is -2.22. The molecule has 0 radical (unpaired) electrons. The van der Waals surface area contributed by atoms with Gasteiger partial charge in [0, 0.05) is 5.69 Å². The lowest BCUT2D eigenvalue weighted by Crippen LogP contribution is -2.30. The van der Waals surface area contributed by atoms with E-state index in [-0.39, 0.29) is 5.91 Å². The van der Waals surface area contributed by atoms with Gasteiger partial charge in [-0.05, 0) is 68.0 Å². The molecule has 1 amide bonds. The van der Waals surface area contributed by atoms with Gasteiger partial charge in [-0.25, -0.2) is 0 Å². The second-order valence-electron chi connectivity index (χ2n) is 5.98. The van der Waals surface area contributed by atoms with E-state index in [1.807, 2.05) is 12.1 Å². The Balaban J connectivity index is 1.69. The molecule has 1 N–H and O–H groups in total. The number of hydrogen-bond acceptors (Lipinski definition) is 2. The number of fused-ring (bicyclic) bond motifs is 1. The molecule has 1 aliphatic carbocycles. The fourth-order valence-electron chi connectivity index (χ4n) is 2.92. The van der Waals surface area contributed by atoms with Crippen molar-refractivity contribution in [1.29, 1.82) is 0 Å². The van der Waals surface area contributed by atoms with Crippen molar-refractivity contribution in [3.05, 3.63) is 57.6 Å². The molecule has 1 atom stereocenters. The van der Waals surface area contributed by atoms with Crippen molar-refractivity contribution < 1.29 is 9.53 Å². The molecule has 1 aliphatic rings. The number of rotatable bonds is 4. The van der Waals surface area contributed by atoms with Crippen LogP contribution in [-0.4, -0.2) is 12.0 Å². The average Bonchev–Trinajstić information content (AvgIpc) is 2.58. The van der Waals surface area contributed by atoms with Gasteiger partial charge in [-0.2, -0.15) is 0 Å². The Labute approximate surface area is 151 Å². The van der Waals surface area contributed by atoms with Crippen LogP contribution in [0.1, 0.15) is 30.9 Å². The minimum atomic E-state index is -0.604. The third-order valence-electron chi connectivity index (χ3n) is 4.21. The summed E-state index contributed by atoms with van der Waals surface area (Å²) >= 11 is 11.9. The molecule has 0 aliphatic heterocycles. The summed E-state index contributed by atoms with van der Waals surface area (Å²) in [4.78, 5) is 12.4. The van der Waals surface area contributed by atoms with Gasteiger partial charge in [0.15, 0.2) is 6.10 Å². The topological polar surface area (TPSA) is 38.3 Å². The Morgan fingerprint density at radius 1 is 1.12 bits per heavy atom. The van der Waals surface area contributed by atoms with Crippen molar-refractivity contribution >= 4 is 34.8 Å². The van der Waals surface area contributed by atoms with Gasteiger partial charge < -0.3 is 10.1 Å². The Hall–Kier alpha value is -1.71. The van der Waals surface area contributed by atoms with E-state index in [9.17, 15) is 4.79 Å². The van der Waals surface area contributed by atoms with Gasteiger partial charge in [0.2, 0.25) is 0 Å². The summed E-state index contributed by atoms with van der Waals surface area (Å²) in [5, 5.41) is 3.66. The van der Waals surface area contributed by atoms with Crippen molar-refractivity contribution in [2.24, 2.45) is 0 Å². The minimum Gasteiger partial charge on any atom is -0.481 e. The van der Waals surface area contributed by atoms with Crippen molar-refractivity contribution in [3.8, 4) is 5.75 Å². The van der Waals surface area contributed by atoms with Crippen LogP contribution in [-0.2, 0) is 17.6 Å². The van der Waals surface area contributed by atoms with E-state index < -0.39 is 6.10 Å². The molecule has 3 nitrogen and oxygen atoms in total. The van der Waals surface area contributed by atoms with Gasteiger partial charge in [-0.3, -0.25) is 4.79 Å². The average molecular weight is 364 g/mol. The van der Waals surface area contributed by atoms with Gasteiger partial charge in [0.05, 0.1) is 10.0 Å². The third-order valence-corrected chi connectivity index (χ3v) is 4.95. The van der Waals surface area contributed by atoms with E-state index in [4.69, 9.17) is 27.9 Å². The van der Waals surface area contributed by atoms with Crippen LogP contribution in [0.15, 0.2) is 36.4 Å². The Bertz CT molecular complexity index is 761. The first kappa shape index (κ1) is 17.1. The maximum atomic E-state index is 12.4. The van der Waals surface area contributed by atoms with Crippen molar-refractivity contribution in [2.45, 2.75) is 38.7 Å². The van der Waals surface area contributed by atoms with Gasteiger partial charge in [-0.1, -0.05) is 35.3 Å². The SMILES string of the molecule is C[C@H](Oc1cccc2c1CCCC2)C(=O)Nc1ccc(Cl)c(Cl)c1. The Kier molecular flexibility index (Phi) is 5.32. The standard InChI is InChI=1S/C19H19Cl2NO2/c1-12(19(23)22-14-9-10-16(20)17(21)11-14)24-18-8-4-6-13-5-2-3-7-15(13)18/h4,6,8-12H,2-3,5,7H2,1H3,(H,22,23)/t12-/m0/s1. The number of ether oxygens (including phenoxy) is 1. The number of nitrogens with one attached hydrogen (secondary N) is 1. The maximum absolute atomic E-state index is 12.4. The monoisotopic (exact) mass is 363 g/mol. The second-order valence-corrected chi connectivity index (χ2v) is 6.79. The summed E-state index contributed by atoms with van der Waals surface area (Å²) < 4.78 is 5.93. The van der Waals surface area contributed by atoms with Crippen LogP contribution in [0.4, 0.5) is 5.69 Å². The zero-order valence-electron chi connectivity index (χ0n) is 13.4. The molecular formula is C19H19Cl2NO2. The predicted octanol–water partition coefficient (Wildman–Crippen LogP) is 5.28. The molecule has 24 heavy (non-hydrogen) atoms. The van der Waals surface area contributed by atoms with Crippen LogP contribution in [0.5, 0.6) is 5.75 Å². The molecule has 0 spiro atoms. The van der Waals surface area contributed by atoms with Crippen LogP contribution in [0.2, 0.25) is 10.0 Å². The fraction of sp³-hybridized carbons (Fsp3) is 0.316. The van der Waals surface area contributed by atoms with E-state index in [0.717, 1.165) is 25.0 Å². The highest BCUT2D eigenvalue weighted by Gasteiger charge is 2.19. The molecule has 0 heterocycles. The van der Waals surface area contributed by atoms with E-state index in [1.54, 1.807) is 25.1 Å².